The zero-order valence-electron chi connectivity index (χ0n) is 13.8. The third-order valence-corrected chi connectivity index (χ3v) is 7.26. The van der Waals surface area contributed by atoms with Crippen molar-refractivity contribution >= 4 is 57.7 Å². The number of nitrogens with zero attached hydrogens (tertiary/aromatic N) is 4. The maximum Gasteiger partial charge on any atom is 0.268 e. The summed E-state index contributed by atoms with van der Waals surface area (Å²) in [5.74, 6) is 1.80. The lowest BCUT2D eigenvalue weighted by Crippen LogP contribution is -2.25. The molecular formula is C14H17N5O2S4. The van der Waals surface area contributed by atoms with E-state index < -0.39 is 0 Å². The largest absolute Gasteiger partial charge is 0.300 e. The summed E-state index contributed by atoms with van der Waals surface area (Å²) in [4.78, 5) is 30.0. The van der Waals surface area contributed by atoms with Crippen LogP contribution in [0.25, 0.3) is 0 Å². The van der Waals surface area contributed by atoms with Crippen molar-refractivity contribution in [1.29, 1.82) is 0 Å². The Bertz CT molecular complexity index is 835. The zero-order valence-corrected chi connectivity index (χ0v) is 17.0. The highest BCUT2D eigenvalue weighted by molar-refractivity contribution is 8.01. The van der Waals surface area contributed by atoms with E-state index in [4.69, 9.17) is 0 Å². The Morgan fingerprint density at radius 2 is 2.16 bits per heavy atom. The number of nitrogens with one attached hydrogen (secondary N) is 1. The van der Waals surface area contributed by atoms with E-state index in [9.17, 15) is 9.59 Å². The van der Waals surface area contributed by atoms with Gasteiger partial charge in [-0.15, -0.1) is 22.0 Å². The van der Waals surface area contributed by atoms with Gasteiger partial charge in [0.25, 0.3) is 5.56 Å². The number of carbonyl (C=O) groups is 1. The molecule has 0 aromatic carbocycles. The van der Waals surface area contributed by atoms with Gasteiger partial charge < -0.3 is 0 Å². The highest BCUT2D eigenvalue weighted by Crippen LogP contribution is 2.29. The summed E-state index contributed by atoms with van der Waals surface area (Å²) in [7, 11) is 0. The molecule has 0 bridgehead atoms. The predicted molar refractivity (Wildman–Crippen MR) is 104 cm³/mol. The Kier molecular flexibility index (Phi) is 6.42. The molecule has 1 aliphatic heterocycles. The maximum absolute atomic E-state index is 12.5. The monoisotopic (exact) mass is 415 g/mol. The first-order valence-corrected chi connectivity index (χ1v) is 11.5. The Morgan fingerprint density at radius 1 is 1.32 bits per heavy atom. The van der Waals surface area contributed by atoms with Crippen molar-refractivity contribution in [1.82, 2.24) is 19.7 Å². The minimum absolute atomic E-state index is 0.00302. The first-order valence-electron chi connectivity index (χ1n) is 7.77. The second-order valence-electron chi connectivity index (χ2n) is 4.96. The molecule has 0 spiro atoms. The fourth-order valence-corrected chi connectivity index (χ4v) is 5.83. The molecular weight excluding hydrogens is 398 g/mol. The van der Waals surface area contributed by atoms with E-state index in [1.165, 1.54) is 23.1 Å². The highest BCUT2D eigenvalue weighted by Gasteiger charge is 2.21. The highest BCUT2D eigenvalue weighted by atomic mass is 32.2. The molecule has 1 aliphatic rings. The summed E-state index contributed by atoms with van der Waals surface area (Å²) >= 11 is 5.79. The van der Waals surface area contributed by atoms with Crippen molar-refractivity contribution in [2.45, 2.75) is 41.2 Å². The lowest BCUT2D eigenvalue weighted by atomic mass is 10.3. The van der Waals surface area contributed by atoms with Gasteiger partial charge in [0.1, 0.15) is 0 Å². The molecule has 1 N–H and O–H groups in total. The van der Waals surface area contributed by atoms with E-state index >= 15 is 0 Å². The van der Waals surface area contributed by atoms with Crippen LogP contribution < -0.4 is 10.9 Å². The van der Waals surface area contributed by atoms with Crippen molar-refractivity contribution in [3.63, 3.8) is 0 Å². The van der Waals surface area contributed by atoms with Gasteiger partial charge in [-0.25, -0.2) is 4.98 Å². The summed E-state index contributed by atoms with van der Waals surface area (Å²) in [6, 6.07) is 0. The Hall–Kier alpha value is -1.04. The van der Waals surface area contributed by atoms with Gasteiger partial charge in [0, 0.05) is 18.7 Å². The summed E-state index contributed by atoms with van der Waals surface area (Å²) in [5, 5.41) is 11.8. The minimum atomic E-state index is -0.180. The molecule has 0 aliphatic carbocycles. The minimum Gasteiger partial charge on any atom is -0.300 e. The van der Waals surface area contributed by atoms with Crippen LogP contribution in [0.2, 0.25) is 0 Å². The molecule has 2 aromatic heterocycles. The topological polar surface area (TPSA) is 89.8 Å². The van der Waals surface area contributed by atoms with Gasteiger partial charge in [-0.3, -0.25) is 19.5 Å². The number of hydrogen-bond donors (Lipinski definition) is 1. The average molecular weight is 416 g/mol. The number of aromatic nitrogens is 4. The molecule has 0 atom stereocenters. The van der Waals surface area contributed by atoms with Crippen molar-refractivity contribution in [3.8, 4) is 0 Å². The number of anilines is 1. The fraction of sp³-hybridized carbons (Fsp3) is 0.500. The molecule has 25 heavy (non-hydrogen) atoms. The van der Waals surface area contributed by atoms with Crippen LogP contribution in [0, 0.1) is 0 Å². The van der Waals surface area contributed by atoms with Gasteiger partial charge in [0.2, 0.25) is 11.0 Å². The van der Waals surface area contributed by atoms with Crippen molar-refractivity contribution in [3.05, 3.63) is 16.0 Å². The van der Waals surface area contributed by atoms with Gasteiger partial charge in [-0.05, 0) is 12.7 Å². The van der Waals surface area contributed by atoms with E-state index in [1.807, 2.05) is 13.8 Å². The molecule has 3 heterocycles. The van der Waals surface area contributed by atoms with Crippen LogP contribution in [0.15, 0.2) is 19.2 Å². The SMILES string of the molecule is CCSc1nnc(NC(=O)CSc2nc3c(c(=O)n2CC)SCC3)s1. The maximum atomic E-state index is 12.5. The smallest absolute Gasteiger partial charge is 0.268 e. The predicted octanol–water partition coefficient (Wildman–Crippen LogP) is 2.61. The first kappa shape index (κ1) is 18.7. The normalized spacial score (nSPS) is 13.0. The van der Waals surface area contributed by atoms with Crippen LogP contribution in [0.4, 0.5) is 5.13 Å². The molecule has 0 unspecified atom stereocenters. The van der Waals surface area contributed by atoms with Crippen molar-refractivity contribution < 1.29 is 4.79 Å². The van der Waals surface area contributed by atoms with Crippen LogP contribution >= 0.6 is 46.6 Å². The molecule has 0 saturated heterocycles. The Labute approximate surface area is 161 Å². The van der Waals surface area contributed by atoms with Gasteiger partial charge in [0.05, 0.1) is 16.3 Å². The van der Waals surface area contributed by atoms with Crippen LogP contribution in [-0.4, -0.2) is 42.9 Å². The van der Waals surface area contributed by atoms with Gasteiger partial charge >= 0.3 is 0 Å². The standard InChI is InChI=1S/C14H17N5O2S4/c1-3-19-11(21)10-8(5-6-23-10)15-13(19)24-7-9(20)16-12-17-18-14(25-12)22-4-2/h3-7H2,1-2H3,(H,16,17,20). The molecule has 1 amide bonds. The number of rotatable bonds is 7. The molecule has 0 radical (unpaired) electrons. The fourth-order valence-electron chi connectivity index (χ4n) is 2.24. The number of aryl methyl sites for hydroxylation is 1. The lowest BCUT2D eigenvalue weighted by molar-refractivity contribution is -0.113. The molecule has 11 heteroatoms. The van der Waals surface area contributed by atoms with E-state index in [2.05, 4.69) is 20.5 Å². The molecule has 134 valence electrons. The molecule has 3 rings (SSSR count). The van der Waals surface area contributed by atoms with Crippen LogP contribution in [0.3, 0.4) is 0 Å². The summed E-state index contributed by atoms with van der Waals surface area (Å²) in [6.07, 6.45) is 0.808. The molecule has 2 aromatic rings. The quantitative estimate of drug-likeness (QED) is 0.419. The third-order valence-electron chi connectivity index (χ3n) is 3.32. The Balaban J connectivity index is 1.65. The van der Waals surface area contributed by atoms with Gasteiger partial charge in [-0.1, -0.05) is 41.8 Å². The molecule has 0 fully saturated rings. The lowest BCUT2D eigenvalue weighted by Gasteiger charge is -2.11. The second-order valence-corrected chi connectivity index (χ2v) is 9.50. The van der Waals surface area contributed by atoms with E-state index in [-0.39, 0.29) is 17.2 Å². The van der Waals surface area contributed by atoms with E-state index in [0.717, 1.165) is 32.9 Å². The first-order chi connectivity index (χ1) is 12.1. The summed E-state index contributed by atoms with van der Waals surface area (Å²) < 4.78 is 2.47. The van der Waals surface area contributed by atoms with E-state index in [1.54, 1.807) is 28.1 Å². The molecule has 7 nitrogen and oxygen atoms in total. The number of amides is 1. The van der Waals surface area contributed by atoms with Gasteiger partial charge in [-0.2, -0.15) is 0 Å². The number of thioether (sulfide) groups is 3. The van der Waals surface area contributed by atoms with Crippen LogP contribution in [0.5, 0.6) is 0 Å². The average Bonchev–Trinajstić information content (AvgIpc) is 3.23. The van der Waals surface area contributed by atoms with Crippen molar-refractivity contribution in [2.75, 3.05) is 22.6 Å². The van der Waals surface area contributed by atoms with E-state index in [0.29, 0.717) is 16.8 Å². The van der Waals surface area contributed by atoms with Crippen molar-refractivity contribution in [2.24, 2.45) is 0 Å². The molecule has 0 saturated carbocycles. The summed E-state index contributed by atoms with van der Waals surface area (Å²) in [6.45, 7) is 4.49. The van der Waals surface area contributed by atoms with Crippen LogP contribution in [0.1, 0.15) is 19.5 Å². The van der Waals surface area contributed by atoms with Crippen LogP contribution in [-0.2, 0) is 17.8 Å². The summed E-state index contributed by atoms with van der Waals surface area (Å²) in [5.41, 5.74) is 0.858. The Morgan fingerprint density at radius 3 is 2.92 bits per heavy atom. The number of carbonyl (C=O) groups excluding carboxylic acids is 1. The number of hydrogen-bond acceptors (Lipinski definition) is 9. The van der Waals surface area contributed by atoms with Gasteiger partial charge in [0.15, 0.2) is 9.50 Å². The third kappa shape index (κ3) is 4.39. The second kappa shape index (κ2) is 8.56. The zero-order chi connectivity index (χ0) is 17.8. The number of fused-ring (bicyclic) bond motifs is 1.